The summed E-state index contributed by atoms with van der Waals surface area (Å²) in [6, 6.07) is 17.8. The van der Waals surface area contributed by atoms with E-state index >= 15 is 0 Å². The molecule has 0 aromatic heterocycles. The van der Waals surface area contributed by atoms with Crippen molar-refractivity contribution < 1.29 is 18.2 Å². The molecular weight excluding hydrogens is 471 g/mol. The number of halogens is 2. The molecule has 0 radical (unpaired) electrons. The van der Waals surface area contributed by atoms with E-state index in [0.717, 1.165) is 10.0 Å². The average molecular weight is 487 g/mol. The van der Waals surface area contributed by atoms with Gasteiger partial charge in [0.2, 0.25) is 5.91 Å². The first-order valence-corrected chi connectivity index (χ1v) is 11.2. The molecule has 1 aliphatic rings. The minimum Gasteiger partial charge on any atom is -0.321 e. The minimum absolute atomic E-state index is 0.128. The summed E-state index contributed by atoms with van der Waals surface area (Å²) in [6.07, 6.45) is 0. The first-order chi connectivity index (χ1) is 14.4. The molecule has 0 bridgehead atoms. The lowest BCUT2D eigenvalue weighted by molar-refractivity contribution is -0.116. The summed E-state index contributed by atoms with van der Waals surface area (Å²) < 4.78 is 26.4. The molecule has 3 aromatic rings. The van der Waals surface area contributed by atoms with Crippen LogP contribution in [0.1, 0.15) is 15.9 Å². The van der Waals surface area contributed by atoms with E-state index in [4.69, 9.17) is 0 Å². The van der Waals surface area contributed by atoms with Gasteiger partial charge >= 0.3 is 0 Å². The lowest BCUT2D eigenvalue weighted by atomic mass is 10.1. The zero-order valence-electron chi connectivity index (χ0n) is 15.6. The van der Waals surface area contributed by atoms with Crippen molar-refractivity contribution in [3.63, 3.8) is 0 Å². The summed E-state index contributed by atoms with van der Waals surface area (Å²) in [5.41, 5.74) is 2.10. The molecule has 0 saturated heterocycles. The number of nitrogens with zero attached hydrogens (tertiary/aromatic N) is 1. The Bertz CT molecular complexity index is 1170. The highest BCUT2D eigenvalue weighted by molar-refractivity contribution is 9.10. The summed E-state index contributed by atoms with van der Waals surface area (Å²) in [7, 11) is -1.48. The summed E-state index contributed by atoms with van der Waals surface area (Å²) in [6.45, 7) is 0.193. The first-order valence-electron chi connectivity index (χ1n) is 9.05. The highest BCUT2D eigenvalue weighted by Gasteiger charge is 2.30. The second kappa shape index (κ2) is 8.49. The molecule has 1 aliphatic heterocycles. The fraction of sp³-hybridized carbons (Fsp3) is 0.0909. The van der Waals surface area contributed by atoms with E-state index in [9.17, 15) is 18.2 Å². The lowest BCUT2D eigenvalue weighted by Crippen LogP contribution is -2.38. The molecule has 0 fully saturated rings. The van der Waals surface area contributed by atoms with Crippen molar-refractivity contribution in [2.45, 2.75) is 11.4 Å². The third-order valence-electron chi connectivity index (χ3n) is 4.69. The van der Waals surface area contributed by atoms with E-state index in [1.807, 2.05) is 12.1 Å². The van der Waals surface area contributed by atoms with Gasteiger partial charge in [-0.3, -0.25) is 13.8 Å². The van der Waals surface area contributed by atoms with Gasteiger partial charge in [-0.15, -0.1) is 0 Å². The van der Waals surface area contributed by atoms with E-state index in [0.29, 0.717) is 21.8 Å². The van der Waals surface area contributed by atoms with Crippen LogP contribution in [-0.2, 0) is 22.1 Å². The maximum Gasteiger partial charge on any atom is 0.255 e. The van der Waals surface area contributed by atoms with Gasteiger partial charge in [-0.1, -0.05) is 24.3 Å². The highest BCUT2D eigenvalue weighted by Crippen LogP contribution is 2.32. The fourth-order valence-electron chi connectivity index (χ4n) is 3.17. The number of carbonyl (C=O) groups excluding carboxylic acids is 2. The second-order valence-electron chi connectivity index (χ2n) is 6.71. The van der Waals surface area contributed by atoms with E-state index in [-0.39, 0.29) is 29.9 Å². The molecule has 30 heavy (non-hydrogen) atoms. The van der Waals surface area contributed by atoms with Crippen LogP contribution in [-0.4, -0.2) is 21.8 Å². The molecular formula is C22H16BrFN2O3S. The number of fused-ring (bicyclic) bond motifs is 1. The Kier molecular flexibility index (Phi) is 5.78. The monoisotopic (exact) mass is 486 g/mol. The second-order valence-corrected chi connectivity index (χ2v) is 8.99. The van der Waals surface area contributed by atoms with Crippen LogP contribution in [0.4, 0.5) is 15.8 Å². The van der Waals surface area contributed by atoms with Gasteiger partial charge in [-0.05, 0) is 64.0 Å². The maximum atomic E-state index is 13.2. The molecule has 1 heterocycles. The van der Waals surface area contributed by atoms with Crippen LogP contribution < -0.4 is 10.2 Å². The van der Waals surface area contributed by atoms with Crippen molar-refractivity contribution in [1.82, 2.24) is 0 Å². The SMILES string of the molecule is O=C(Nc1ccccc1Br)c1ccc2c(c1)N(Cc1ccc(F)cc1)C(=O)C[S@@]2=O. The van der Waals surface area contributed by atoms with Crippen LogP contribution in [0.2, 0.25) is 0 Å². The third-order valence-corrected chi connectivity index (χ3v) is 6.73. The van der Waals surface area contributed by atoms with Crippen molar-refractivity contribution in [3.05, 3.63) is 88.1 Å². The Morgan fingerprint density at radius 3 is 2.57 bits per heavy atom. The molecule has 0 spiro atoms. The topological polar surface area (TPSA) is 66.5 Å². The third kappa shape index (κ3) is 4.20. The summed E-state index contributed by atoms with van der Waals surface area (Å²) in [5, 5.41) is 2.82. The van der Waals surface area contributed by atoms with Crippen molar-refractivity contribution in [3.8, 4) is 0 Å². The predicted molar refractivity (Wildman–Crippen MR) is 117 cm³/mol. The Morgan fingerprint density at radius 2 is 1.83 bits per heavy atom. The molecule has 4 rings (SSSR count). The van der Waals surface area contributed by atoms with Gasteiger partial charge in [0, 0.05) is 10.0 Å². The molecule has 2 amide bonds. The molecule has 8 heteroatoms. The first kappa shape index (κ1) is 20.4. The smallest absolute Gasteiger partial charge is 0.255 e. The molecule has 3 aromatic carbocycles. The Morgan fingerprint density at radius 1 is 1.10 bits per heavy atom. The van der Waals surface area contributed by atoms with Crippen LogP contribution in [0.25, 0.3) is 0 Å². The van der Waals surface area contributed by atoms with Crippen LogP contribution in [0, 0.1) is 5.82 Å². The van der Waals surface area contributed by atoms with Gasteiger partial charge in [0.05, 0.1) is 33.6 Å². The van der Waals surface area contributed by atoms with Crippen molar-refractivity contribution in [2.75, 3.05) is 16.0 Å². The predicted octanol–water partition coefficient (Wildman–Crippen LogP) is 4.49. The minimum atomic E-state index is -1.48. The van der Waals surface area contributed by atoms with E-state index in [1.165, 1.54) is 17.0 Å². The molecule has 1 atom stereocenters. The Balaban J connectivity index is 1.67. The van der Waals surface area contributed by atoms with E-state index < -0.39 is 10.8 Å². The number of anilines is 2. The fourth-order valence-corrected chi connectivity index (χ4v) is 4.71. The van der Waals surface area contributed by atoms with Crippen LogP contribution in [0.3, 0.4) is 0 Å². The summed E-state index contributed by atoms with van der Waals surface area (Å²) in [4.78, 5) is 27.4. The van der Waals surface area contributed by atoms with Gasteiger partial charge < -0.3 is 10.2 Å². The Labute approximate surface area is 183 Å². The van der Waals surface area contributed by atoms with E-state index in [2.05, 4.69) is 21.2 Å². The zero-order valence-corrected chi connectivity index (χ0v) is 18.0. The number of rotatable bonds is 4. The molecule has 0 unspecified atom stereocenters. The normalized spacial score (nSPS) is 15.6. The summed E-state index contributed by atoms with van der Waals surface area (Å²) >= 11 is 3.39. The molecule has 5 nitrogen and oxygen atoms in total. The molecule has 0 aliphatic carbocycles. The quantitative estimate of drug-likeness (QED) is 0.590. The highest BCUT2D eigenvalue weighted by atomic mass is 79.9. The number of nitrogens with one attached hydrogen (secondary N) is 1. The number of benzene rings is 3. The van der Waals surface area contributed by atoms with Crippen LogP contribution in [0.15, 0.2) is 76.1 Å². The average Bonchev–Trinajstić information content (AvgIpc) is 2.73. The van der Waals surface area contributed by atoms with Crippen molar-refractivity contribution in [1.29, 1.82) is 0 Å². The van der Waals surface area contributed by atoms with Gasteiger partial charge in [-0.25, -0.2) is 4.39 Å². The molecule has 152 valence electrons. The standard InChI is InChI=1S/C22H16BrFN2O3S/c23-17-3-1-2-4-18(17)25-22(28)15-7-10-20-19(11-15)26(21(27)13-30(20)29)12-14-5-8-16(24)9-6-14/h1-11H,12-13H2,(H,25,28)/t30-/m0/s1. The van der Waals surface area contributed by atoms with Crippen molar-refractivity contribution in [2.24, 2.45) is 0 Å². The van der Waals surface area contributed by atoms with Crippen LogP contribution >= 0.6 is 15.9 Å². The van der Waals surface area contributed by atoms with Crippen LogP contribution in [0.5, 0.6) is 0 Å². The van der Waals surface area contributed by atoms with Gasteiger partial charge in [0.1, 0.15) is 11.6 Å². The number of hydrogen-bond donors (Lipinski definition) is 1. The number of amides is 2. The largest absolute Gasteiger partial charge is 0.321 e. The zero-order chi connectivity index (χ0) is 21.3. The Hall–Kier alpha value is -2.84. The lowest BCUT2D eigenvalue weighted by Gasteiger charge is -2.29. The number of carbonyl (C=O) groups is 2. The van der Waals surface area contributed by atoms with Gasteiger partial charge in [-0.2, -0.15) is 0 Å². The number of para-hydroxylation sites is 1. The summed E-state index contributed by atoms with van der Waals surface area (Å²) in [5.74, 6) is -1.16. The van der Waals surface area contributed by atoms with Crippen molar-refractivity contribution >= 4 is 49.9 Å². The molecule has 1 N–H and O–H groups in total. The number of hydrogen-bond acceptors (Lipinski definition) is 3. The molecule has 0 saturated carbocycles. The van der Waals surface area contributed by atoms with Gasteiger partial charge in [0.15, 0.2) is 0 Å². The maximum absolute atomic E-state index is 13.2. The van der Waals surface area contributed by atoms with E-state index in [1.54, 1.807) is 42.5 Å². The van der Waals surface area contributed by atoms with Gasteiger partial charge in [0.25, 0.3) is 5.91 Å².